The predicted molar refractivity (Wildman–Crippen MR) is 68.1 cm³/mol. The maximum atomic E-state index is 11.0. The monoisotopic (exact) mass is 239 g/mol. The van der Waals surface area contributed by atoms with Crippen LogP contribution in [0.2, 0.25) is 0 Å². The summed E-state index contributed by atoms with van der Waals surface area (Å²) in [5.74, 6) is 0. The quantitative estimate of drug-likeness (QED) is 0.569. The van der Waals surface area contributed by atoms with E-state index in [0.29, 0.717) is 6.54 Å². The van der Waals surface area contributed by atoms with Crippen molar-refractivity contribution in [2.24, 2.45) is 0 Å². The first-order valence-corrected chi connectivity index (χ1v) is 5.69. The molecule has 0 fully saturated rings. The average molecular weight is 240 g/mol. The summed E-state index contributed by atoms with van der Waals surface area (Å²) in [5, 5.41) is -0.419. The van der Waals surface area contributed by atoms with Crippen molar-refractivity contribution in [2.75, 3.05) is 7.05 Å². The first kappa shape index (κ1) is 13.0. The molecule has 0 N–H and O–H groups in total. The number of hydrogen-bond donors (Lipinski definition) is 0. The minimum atomic E-state index is -0.419. The van der Waals surface area contributed by atoms with Gasteiger partial charge in [0.05, 0.1) is 0 Å². The van der Waals surface area contributed by atoms with Crippen LogP contribution in [0, 0.1) is 27.7 Å². The molecule has 1 aromatic rings. The van der Waals surface area contributed by atoms with Gasteiger partial charge in [0, 0.05) is 13.6 Å². The largest absolute Gasteiger partial charge is 0.328 e. The molecule has 0 bridgehead atoms. The van der Waals surface area contributed by atoms with E-state index in [-0.39, 0.29) is 0 Å². The van der Waals surface area contributed by atoms with E-state index in [2.05, 4.69) is 33.8 Å². The van der Waals surface area contributed by atoms with Gasteiger partial charge in [-0.15, -0.1) is 0 Å². The van der Waals surface area contributed by atoms with E-state index >= 15 is 0 Å². The third kappa shape index (κ3) is 2.56. The molecule has 88 valence electrons. The van der Waals surface area contributed by atoms with Crippen LogP contribution in [0.3, 0.4) is 0 Å². The van der Waals surface area contributed by atoms with Crippen molar-refractivity contribution in [3.63, 3.8) is 0 Å². The van der Waals surface area contributed by atoms with Crippen LogP contribution in [0.5, 0.6) is 0 Å². The second kappa shape index (κ2) is 4.88. The molecular weight excluding hydrogens is 222 g/mol. The van der Waals surface area contributed by atoms with E-state index in [0.717, 1.165) is 0 Å². The van der Waals surface area contributed by atoms with Crippen LogP contribution in [0.25, 0.3) is 0 Å². The van der Waals surface area contributed by atoms with Gasteiger partial charge < -0.3 is 4.90 Å². The number of hydrogen-bond acceptors (Lipinski definition) is 1. The lowest BCUT2D eigenvalue weighted by molar-refractivity contribution is 0.230. The second-order valence-electron chi connectivity index (χ2n) is 4.35. The Bertz CT molecular complexity index is 400. The van der Waals surface area contributed by atoms with E-state index in [9.17, 15) is 4.79 Å². The number of aryl methyl sites for hydroxylation is 2. The molecule has 0 unspecified atom stereocenters. The first-order chi connectivity index (χ1) is 7.34. The standard InChI is InChI=1S/C13H18ClNO/c1-8-6-9(2)11(4)12(10(8)3)7-15(5)13(14)16/h6H,7H2,1-5H3. The third-order valence-electron chi connectivity index (χ3n) is 3.22. The number of carbonyl (C=O) groups excluding carboxylic acids is 1. The molecule has 1 amide bonds. The second-order valence-corrected chi connectivity index (χ2v) is 4.67. The van der Waals surface area contributed by atoms with Gasteiger partial charge in [0.25, 0.3) is 0 Å². The van der Waals surface area contributed by atoms with E-state index in [4.69, 9.17) is 11.6 Å². The average Bonchev–Trinajstić information content (AvgIpc) is 2.21. The van der Waals surface area contributed by atoms with Gasteiger partial charge in [-0.3, -0.25) is 4.79 Å². The number of benzene rings is 1. The van der Waals surface area contributed by atoms with E-state index in [1.807, 2.05) is 0 Å². The summed E-state index contributed by atoms with van der Waals surface area (Å²) in [6.07, 6.45) is 0. The van der Waals surface area contributed by atoms with Gasteiger partial charge in [-0.25, -0.2) is 0 Å². The zero-order valence-electron chi connectivity index (χ0n) is 10.5. The Hall–Kier alpha value is -1.02. The Morgan fingerprint density at radius 2 is 1.62 bits per heavy atom. The highest BCUT2D eigenvalue weighted by Crippen LogP contribution is 2.23. The van der Waals surface area contributed by atoms with Crippen LogP contribution in [0.15, 0.2) is 6.07 Å². The van der Waals surface area contributed by atoms with Crippen LogP contribution < -0.4 is 0 Å². The lowest BCUT2D eigenvalue weighted by Crippen LogP contribution is -2.21. The topological polar surface area (TPSA) is 20.3 Å². The third-order valence-corrected chi connectivity index (χ3v) is 3.51. The molecule has 3 heteroatoms. The van der Waals surface area contributed by atoms with Gasteiger partial charge in [-0.2, -0.15) is 0 Å². The molecule has 2 nitrogen and oxygen atoms in total. The number of halogens is 1. The van der Waals surface area contributed by atoms with Gasteiger partial charge >= 0.3 is 5.37 Å². The minimum Gasteiger partial charge on any atom is -0.328 e. The molecule has 0 spiro atoms. The summed E-state index contributed by atoms with van der Waals surface area (Å²) >= 11 is 5.45. The van der Waals surface area contributed by atoms with E-state index in [1.165, 1.54) is 32.7 Å². The van der Waals surface area contributed by atoms with Gasteiger partial charge in [0.2, 0.25) is 0 Å². The molecule has 0 aliphatic rings. The molecule has 0 saturated carbocycles. The molecule has 16 heavy (non-hydrogen) atoms. The Balaban J connectivity index is 3.17. The summed E-state index contributed by atoms with van der Waals surface area (Å²) in [6, 6.07) is 2.18. The Kier molecular flexibility index (Phi) is 3.98. The summed E-state index contributed by atoms with van der Waals surface area (Å²) in [7, 11) is 1.71. The number of rotatable bonds is 2. The zero-order chi connectivity index (χ0) is 12.5. The van der Waals surface area contributed by atoms with Crippen LogP contribution in [-0.2, 0) is 6.54 Å². The molecule has 0 aromatic heterocycles. The predicted octanol–water partition coefficient (Wildman–Crippen LogP) is 3.71. The fourth-order valence-electron chi connectivity index (χ4n) is 1.84. The summed E-state index contributed by atoms with van der Waals surface area (Å²) in [4.78, 5) is 12.6. The van der Waals surface area contributed by atoms with Gasteiger partial charge in [-0.05, 0) is 67.1 Å². The van der Waals surface area contributed by atoms with Crippen molar-refractivity contribution in [3.05, 3.63) is 33.9 Å². The van der Waals surface area contributed by atoms with Crippen molar-refractivity contribution in [2.45, 2.75) is 34.2 Å². The first-order valence-electron chi connectivity index (χ1n) is 5.31. The van der Waals surface area contributed by atoms with Crippen molar-refractivity contribution in [3.8, 4) is 0 Å². The molecule has 1 rings (SSSR count). The summed E-state index contributed by atoms with van der Waals surface area (Å²) < 4.78 is 0. The lowest BCUT2D eigenvalue weighted by Gasteiger charge is -2.20. The molecular formula is C13H18ClNO. The van der Waals surface area contributed by atoms with Gasteiger partial charge in [-0.1, -0.05) is 6.07 Å². The Morgan fingerprint density at radius 3 is 2.00 bits per heavy atom. The summed E-state index contributed by atoms with van der Waals surface area (Å²) in [5.41, 5.74) is 6.21. The molecule has 0 aliphatic carbocycles. The molecule has 0 saturated heterocycles. The van der Waals surface area contributed by atoms with Gasteiger partial charge in [0.1, 0.15) is 0 Å². The molecule has 1 aromatic carbocycles. The van der Waals surface area contributed by atoms with E-state index < -0.39 is 5.37 Å². The number of carbonyl (C=O) groups is 1. The SMILES string of the molecule is Cc1cc(C)c(C)c(CN(C)C(=O)Cl)c1C. The number of nitrogens with zero attached hydrogens (tertiary/aromatic N) is 1. The van der Waals surface area contributed by atoms with E-state index in [1.54, 1.807) is 7.05 Å². The van der Waals surface area contributed by atoms with Gasteiger partial charge in [0.15, 0.2) is 0 Å². The number of amides is 1. The fraction of sp³-hybridized carbons (Fsp3) is 0.462. The highest BCUT2D eigenvalue weighted by Gasteiger charge is 2.12. The molecule has 0 heterocycles. The van der Waals surface area contributed by atoms with Crippen molar-refractivity contribution in [1.82, 2.24) is 4.90 Å². The molecule has 0 atom stereocenters. The minimum absolute atomic E-state index is 0.419. The Labute approximate surface area is 102 Å². The molecule has 0 aliphatic heterocycles. The maximum Gasteiger partial charge on any atom is 0.316 e. The van der Waals surface area contributed by atoms with Crippen LogP contribution in [0.4, 0.5) is 4.79 Å². The van der Waals surface area contributed by atoms with Crippen LogP contribution >= 0.6 is 11.6 Å². The highest BCUT2D eigenvalue weighted by atomic mass is 35.5. The van der Waals surface area contributed by atoms with Crippen LogP contribution in [-0.4, -0.2) is 17.3 Å². The summed E-state index contributed by atoms with van der Waals surface area (Å²) in [6.45, 7) is 8.93. The zero-order valence-corrected chi connectivity index (χ0v) is 11.3. The lowest BCUT2D eigenvalue weighted by atomic mass is 9.94. The molecule has 0 radical (unpaired) electrons. The van der Waals surface area contributed by atoms with Crippen molar-refractivity contribution >= 4 is 17.0 Å². The highest BCUT2D eigenvalue weighted by molar-refractivity contribution is 6.62. The fourth-order valence-corrected chi connectivity index (χ4v) is 1.89. The normalized spacial score (nSPS) is 10.4. The van der Waals surface area contributed by atoms with Crippen molar-refractivity contribution < 1.29 is 4.79 Å². The Morgan fingerprint density at radius 1 is 1.19 bits per heavy atom. The van der Waals surface area contributed by atoms with Crippen molar-refractivity contribution in [1.29, 1.82) is 0 Å². The smallest absolute Gasteiger partial charge is 0.316 e. The van der Waals surface area contributed by atoms with Crippen LogP contribution in [0.1, 0.15) is 27.8 Å². The maximum absolute atomic E-state index is 11.0.